The molecule has 224 valence electrons. The summed E-state index contributed by atoms with van der Waals surface area (Å²) in [6.07, 6.45) is 25.7. The smallest absolute Gasteiger partial charge is 0.306 e. The third-order valence-electron chi connectivity index (χ3n) is 7.25. The molecule has 0 spiro atoms. The van der Waals surface area contributed by atoms with E-state index in [1.165, 1.54) is 102 Å². The van der Waals surface area contributed by atoms with E-state index in [2.05, 4.69) is 43.4 Å². The Hall–Kier alpha value is -1.49. The number of aryl methyl sites for hydroxylation is 1. The van der Waals surface area contributed by atoms with Crippen molar-refractivity contribution in [3.05, 3.63) is 29.8 Å². The molecule has 1 aromatic carbocycles. The highest BCUT2D eigenvalue weighted by atomic mass is 32.2. The van der Waals surface area contributed by atoms with Crippen molar-refractivity contribution < 1.29 is 9.53 Å². The van der Waals surface area contributed by atoms with Crippen molar-refractivity contribution in [2.45, 2.75) is 149 Å². The molecule has 1 rings (SSSR count). The molecule has 0 saturated carbocycles. The molecule has 0 saturated heterocycles. The van der Waals surface area contributed by atoms with Gasteiger partial charge in [0.05, 0.1) is 18.9 Å². The van der Waals surface area contributed by atoms with Crippen LogP contribution < -0.4 is 5.32 Å². The predicted molar refractivity (Wildman–Crippen MR) is 173 cm³/mol. The quantitative estimate of drug-likeness (QED) is 0.0486. The Labute approximate surface area is 245 Å². The van der Waals surface area contributed by atoms with E-state index < -0.39 is 0 Å². The summed E-state index contributed by atoms with van der Waals surface area (Å²) in [5, 5.41) is 11.5. The summed E-state index contributed by atoms with van der Waals surface area (Å²) in [4.78, 5) is 11.9. The first-order valence-electron chi connectivity index (χ1n) is 16.3. The number of hydrogen-bond donors (Lipinski definition) is 2. The molecular formula is C34H60N2O2S. The normalized spacial score (nSPS) is 11.0. The van der Waals surface area contributed by atoms with Gasteiger partial charge in [-0.15, -0.1) is 0 Å². The van der Waals surface area contributed by atoms with Crippen LogP contribution in [0.4, 0.5) is 5.69 Å². The first kappa shape index (κ1) is 35.5. The fourth-order valence-electron chi connectivity index (χ4n) is 4.73. The number of ether oxygens (including phenoxy) is 1. The number of carbonyl (C=O) groups is 1. The van der Waals surface area contributed by atoms with Crippen molar-refractivity contribution in [1.29, 1.82) is 5.41 Å². The summed E-state index contributed by atoms with van der Waals surface area (Å²) in [5.41, 5.74) is 2.40. The van der Waals surface area contributed by atoms with E-state index in [1.54, 1.807) is 11.8 Å². The molecule has 39 heavy (non-hydrogen) atoms. The molecule has 0 aromatic heterocycles. The van der Waals surface area contributed by atoms with Gasteiger partial charge in [0.1, 0.15) is 0 Å². The number of rotatable bonds is 27. The number of thioether (sulfide) groups is 1. The lowest BCUT2D eigenvalue weighted by Gasteiger charge is -2.09. The molecule has 2 N–H and O–H groups in total. The molecule has 0 amide bonds. The molecule has 0 heterocycles. The van der Waals surface area contributed by atoms with Gasteiger partial charge in [0.2, 0.25) is 0 Å². The van der Waals surface area contributed by atoms with E-state index in [4.69, 9.17) is 10.1 Å². The largest absolute Gasteiger partial charge is 0.466 e. The molecule has 0 aliphatic carbocycles. The molecular weight excluding hydrogens is 500 g/mol. The van der Waals surface area contributed by atoms with Crippen LogP contribution in [0.1, 0.15) is 148 Å². The molecule has 0 bridgehead atoms. The number of benzene rings is 1. The second kappa shape index (κ2) is 26.7. The fraction of sp³-hybridized carbons (Fsp3) is 0.765. The maximum absolute atomic E-state index is 11.9. The van der Waals surface area contributed by atoms with Crippen LogP contribution in [-0.2, 0) is 16.0 Å². The Bertz CT molecular complexity index is 708. The first-order chi connectivity index (χ1) is 19.2. The zero-order valence-electron chi connectivity index (χ0n) is 25.5. The lowest BCUT2D eigenvalue weighted by Crippen LogP contribution is -2.11. The van der Waals surface area contributed by atoms with Gasteiger partial charge in [-0.1, -0.05) is 122 Å². The van der Waals surface area contributed by atoms with E-state index >= 15 is 0 Å². The minimum atomic E-state index is -0.0699. The lowest BCUT2D eigenvalue weighted by atomic mass is 10.0. The van der Waals surface area contributed by atoms with E-state index in [0.29, 0.717) is 18.9 Å². The van der Waals surface area contributed by atoms with Crippen molar-refractivity contribution in [2.75, 3.05) is 23.4 Å². The van der Waals surface area contributed by atoms with Gasteiger partial charge in [0, 0.05) is 17.9 Å². The third-order valence-corrected chi connectivity index (χ3v) is 8.32. The van der Waals surface area contributed by atoms with E-state index in [-0.39, 0.29) is 5.97 Å². The summed E-state index contributed by atoms with van der Waals surface area (Å²) >= 11 is 1.78. The van der Waals surface area contributed by atoms with Gasteiger partial charge in [-0.3, -0.25) is 10.2 Å². The second-order valence-corrected chi connectivity index (χ2v) is 12.3. The number of carbonyl (C=O) groups excluding carboxylic acids is 1. The third kappa shape index (κ3) is 23.0. The van der Waals surface area contributed by atoms with Crippen LogP contribution in [0.3, 0.4) is 0 Å². The van der Waals surface area contributed by atoms with Crippen molar-refractivity contribution in [1.82, 2.24) is 0 Å². The second-order valence-electron chi connectivity index (χ2n) is 11.0. The maximum Gasteiger partial charge on any atom is 0.306 e. The molecule has 0 aliphatic heterocycles. The molecule has 0 radical (unpaired) electrons. The molecule has 0 atom stereocenters. The van der Waals surface area contributed by atoms with Crippen LogP contribution in [-0.4, -0.2) is 29.9 Å². The van der Waals surface area contributed by atoms with Crippen LogP contribution in [0.5, 0.6) is 0 Å². The van der Waals surface area contributed by atoms with Gasteiger partial charge in [-0.2, -0.15) is 11.8 Å². The Balaban J connectivity index is 1.96. The van der Waals surface area contributed by atoms with E-state index in [9.17, 15) is 4.79 Å². The Morgan fingerprint density at radius 2 is 1.23 bits per heavy atom. The SMILES string of the molecule is CCCCCCCCCCCCc1ccc(NC(=N)CCCSCCC(=O)OCCCCCCCCC)cc1. The zero-order chi connectivity index (χ0) is 28.2. The number of amidine groups is 1. The first-order valence-corrected chi connectivity index (χ1v) is 17.5. The molecule has 0 fully saturated rings. The minimum Gasteiger partial charge on any atom is -0.466 e. The summed E-state index contributed by atoms with van der Waals surface area (Å²) in [6.45, 7) is 5.08. The Morgan fingerprint density at radius 1 is 0.692 bits per heavy atom. The summed E-state index contributed by atoms with van der Waals surface area (Å²) < 4.78 is 5.35. The Kier molecular flexibility index (Phi) is 24.3. The highest BCUT2D eigenvalue weighted by Gasteiger charge is 2.04. The van der Waals surface area contributed by atoms with Crippen molar-refractivity contribution >= 4 is 29.3 Å². The molecule has 4 nitrogen and oxygen atoms in total. The Morgan fingerprint density at radius 3 is 1.82 bits per heavy atom. The number of hydrogen-bond acceptors (Lipinski definition) is 4. The van der Waals surface area contributed by atoms with Crippen LogP contribution in [0.25, 0.3) is 0 Å². The highest BCUT2D eigenvalue weighted by molar-refractivity contribution is 7.99. The topological polar surface area (TPSA) is 62.2 Å². The molecule has 0 aliphatic rings. The minimum absolute atomic E-state index is 0.0699. The highest BCUT2D eigenvalue weighted by Crippen LogP contribution is 2.16. The van der Waals surface area contributed by atoms with Crippen LogP contribution in [0, 0.1) is 5.41 Å². The van der Waals surface area contributed by atoms with Crippen LogP contribution >= 0.6 is 11.8 Å². The average molecular weight is 561 g/mol. The van der Waals surface area contributed by atoms with Gasteiger partial charge in [-0.05, 0) is 49.1 Å². The van der Waals surface area contributed by atoms with Gasteiger partial charge in [0.25, 0.3) is 0 Å². The number of esters is 1. The maximum atomic E-state index is 11.9. The molecule has 0 unspecified atom stereocenters. The van der Waals surface area contributed by atoms with Gasteiger partial charge in [-0.25, -0.2) is 0 Å². The molecule has 1 aromatic rings. The number of unbranched alkanes of at least 4 members (excludes halogenated alkanes) is 15. The van der Waals surface area contributed by atoms with Crippen molar-refractivity contribution in [3.63, 3.8) is 0 Å². The summed E-state index contributed by atoms with van der Waals surface area (Å²) in [5.74, 6) is 2.26. The standard InChI is InChI=1S/C34H60N2O2S/c1-3-5-7-9-11-12-13-14-16-18-21-31-23-25-32(26-24-31)36-33(35)22-20-29-39-30-27-34(37)38-28-19-17-15-10-8-6-4-2/h23-26H,3-22,27-30H2,1-2H3,(H2,35,36). The van der Waals surface area contributed by atoms with Crippen molar-refractivity contribution in [3.8, 4) is 0 Å². The average Bonchev–Trinajstić information content (AvgIpc) is 2.94. The molecule has 5 heteroatoms. The lowest BCUT2D eigenvalue weighted by molar-refractivity contribution is -0.143. The fourth-order valence-corrected chi connectivity index (χ4v) is 5.60. The van der Waals surface area contributed by atoms with Gasteiger partial charge >= 0.3 is 5.97 Å². The number of anilines is 1. The van der Waals surface area contributed by atoms with Gasteiger partial charge in [0.15, 0.2) is 0 Å². The van der Waals surface area contributed by atoms with E-state index in [1.807, 2.05) is 0 Å². The summed E-state index contributed by atoms with van der Waals surface area (Å²) in [6, 6.07) is 8.61. The van der Waals surface area contributed by atoms with Crippen LogP contribution in [0.2, 0.25) is 0 Å². The van der Waals surface area contributed by atoms with Crippen molar-refractivity contribution in [2.24, 2.45) is 0 Å². The predicted octanol–water partition coefficient (Wildman–Crippen LogP) is 10.7. The number of nitrogens with one attached hydrogen (secondary N) is 2. The van der Waals surface area contributed by atoms with E-state index in [0.717, 1.165) is 49.3 Å². The van der Waals surface area contributed by atoms with Crippen LogP contribution in [0.15, 0.2) is 24.3 Å². The zero-order valence-corrected chi connectivity index (χ0v) is 26.3. The van der Waals surface area contributed by atoms with Gasteiger partial charge < -0.3 is 10.1 Å². The monoisotopic (exact) mass is 560 g/mol. The summed E-state index contributed by atoms with van der Waals surface area (Å²) in [7, 11) is 0.